The quantitative estimate of drug-likeness (QED) is 0.844. The van der Waals surface area contributed by atoms with Crippen molar-refractivity contribution in [2.75, 3.05) is 26.2 Å². The van der Waals surface area contributed by atoms with Crippen LogP contribution in [0.1, 0.15) is 47.7 Å². The van der Waals surface area contributed by atoms with Crippen molar-refractivity contribution in [2.45, 2.75) is 40.0 Å². The van der Waals surface area contributed by atoms with Crippen LogP contribution in [0.3, 0.4) is 0 Å². The minimum absolute atomic E-state index is 0.0464. The lowest BCUT2D eigenvalue weighted by molar-refractivity contribution is 0.0950. The summed E-state index contributed by atoms with van der Waals surface area (Å²) in [6, 6.07) is 5.89. The average molecular weight is 288 g/mol. The largest absolute Gasteiger partial charge is 0.352 e. The van der Waals surface area contributed by atoms with Crippen LogP contribution in [-0.4, -0.2) is 37.0 Å². The molecule has 1 aliphatic heterocycles. The second-order valence-electron chi connectivity index (χ2n) is 6.46. The Hall–Kier alpha value is -1.35. The molecule has 1 aromatic carbocycles. The van der Waals surface area contributed by atoms with Crippen LogP contribution in [0.2, 0.25) is 0 Å². The number of aryl methyl sites for hydroxylation is 2. The highest BCUT2D eigenvalue weighted by Crippen LogP contribution is 2.15. The van der Waals surface area contributed by atoms with Gasteiger partial charge in [-0.05, 0) is 75.4 Å². The monoisotopic (exact) mass is 288 g/mol. The topological polar surface area (TPSA) is 32.3 Å². The van der Waals surface area contributed by atoms with Crippen molar-refractivity contribution in [1.82, 2.24) is 10.2 Å². The molecule has 0 spiro atoms. The van der Waals surface area contributed by atoms with Crippen LogP contribution in [0.15, 0.2) is 18.2 Å². The summed E-state index contributed by atoms with van der Waals surface area (Å²) in [5.41, 5.74) is 3.17. The molecule has 21 heavy (non-hydrogen) atoms. The van der Waals surface area contributed by atoms with Crippen molar-refractivity contribution in [3.05, 3.63) is 34.9 Å². The molecule has 0 aliphatic carbocycles. The summed E-state index contributed by atoms with van der Waals surface area (Å²) in [4.78, 5) is 14.6. The van der Waals surface area contributed by atoms with E-state index in [4.69, 9.17) is 0 Å². The van der Waals surface area contributed by atoms with Gasteiger partial charge in [-0.2, -0.15) is 0 Å². The molecule has 1 heterocycles. The van der Waals surface area contributed by atoms with E-state index in [1.807, 2.05) is 25.1 Å². The van der Waals surface area contributed by atoms with Gasteiger partial charge in [0.15, 0.2) is 0 Å². The Morgan fingerprint density at radius 3 is 2.86 bits per heavy atom. The zero-order chi connectivity index (χ0) is 15.2. The van der Waals surface area contributed by atoms with Gasteiger partial charge < -0.3 is 10.2 Å². The first kappa shape index (κ1) is 16.0. The predicted molar refractivity (Wildman–Crippen MR) is 87.7 cm³/mol. The third-order valence-corrected chi connectivity index (χ3v) is 4.45. The lowest BCUT2D eigenvalue weighted by atomic mass is 10.0. The second-order valence-corrected chi connectivity index (χ2v) is 6.46. The lowest BCUT2D eigenvalue weighted by Crippen LogP contribution is -2.36. The summed E-state index contributed by atoms with van der Waals surface area (Å²) in [5.74, 6) is 0.869. The molecule has 3 heteroatoms. The Morgan fingerprint density at radius 2 is 2.14 bits per heavy atom. The molecule has 116 valence electrons. The fraction of sp³-hybridized carbons (Fsp3) is 0.611. The predicted octanol–water partition coefficient (Wildman–Crippen LogP) is 3.16. The molecule has 1 amide bonds. The molecular formula is C18H28N2O. The van der Waals surface area contributed by atoms with Crippen molar-refractivity contribution in [3.63, 3.8) is 0 Å². The van der Waals surface area contributed by atoms with Gasteiger partial charge in [-0.3, -0.25) is 4.79 Å². The summed E-state index contributed by atoms with van der Waals surface area (Å²) in [6.45, 7) is 10.7. The Bertz CT molecular complexity index is 484. The molecule has 1 aromatic rings. The summed E-state index contributed by atoms with van der Waals surface area (Å²) < 4.78 is 0. The molecule has 0 radical (unpaired) electrons. The number of carbonyl (C=O) groups excluding carboxylic acids is 1. The Balaban J connectivity index is 1.70. The van der Waals surface area contributed by atoms with Gasteiger partial charge in [0.2, 0.25) is 0 Å². The molecule has 3 nitrogen and oxygen atoms in total. The molecule has 1 fully saturated rings. The standard InChI is InChI=1S/C18H28N2O/c1-14-6-4-10-20(13-14)11-5-9-19-18(21)17-8-7-15(2)16(3)12-17/h7-8,12,14H,4-6,9-11,13H2,1-3H3,(H,19,21)/t14-/m0/s1. The molecule has 0 saturated carbocycles. The van der Waals surface area contributed by atoms with Gasteiger partial charge in [-0.25, -0.2) is 0 Å². The molecule has 1 saturated heterocycles. The van der Waals surface area contributed by atoms with Crippen molar-refractivity contribution in [3.8, 4) is 0 Å². The number of nitrogens with one attached hydrogen (secondary N) is 1. The number of hydrogen-bond acceptors (Lipinski definition) is 2. The molecule has 2 rings (SSSR count). The summed E-state index contributed by atoms with van der Waals surface area (Å²) in [5, 5.41) is 3.03. The third-order valence-electron chi connectivity index (χ3n) is 4.45. The highest BCUT2D eigenvalue weighted by atomic mass is 16.1. The highest BCUT2D eigenvalue weighted by molar-refractivity contribution is 5.94. The van der Waals surface area contributed by atoms with Crippen LogP contribution in [0, 0.1) is 19.8 Å². The second kappa shape index (κ2) is 7.60. The average Bonchev–Trinajstić information content (AvgIpc) is 2.46. The van der Waals surface area contributed by atoms with E-state index in [1.54, 1.807) is 0 Å². The number of piperidine rings is 1. The first-order valence-corrected chi connectivity index (χ1v) is 8.14. The lowest BCUT2D eigenvalue weighted by Gasteiger charge is -2.30. The number of amides is 1. The van der Waals surface area contributed by atoms with E-state index in [2.05, 4.69) is 24.1 Å². The van der Waals surface area contributed by atoms with Crippen molar-refractivity contribution in [2.24, 2.45) is 5.92 Å². The number of hydrogen-bond donors (Lipinski definition) is 1. The van der Waals surface area contributed by atoms with Crippen LogP contribution in [-0.2, 0) is 0 Å². The van der Waals surface area contributed by atoms with Gasteiger partial charge in [0, 0.05) is 18.7 Å². The van der Waals surface area contributed by atoms with Gasteiger partial charge in [0.25, 0.3) is 5.91 Å². The number of likely N-dealkylation sites (tertiary alicyclic amines) is 1. The summed E-state index contributed by atoms with van der Waals surface area (Å²) in [7, 11) is 0. The van der Waals surface area contributed by atoms with Gasteiger partial charge in [0.1, 0.15) is 0 Å². The number of nitrogens with zero attached hydrogens (tertiary/aromatic N) is 1. The van der Waals surface area contributed by atoms with Gasteiger partial charge in [-0.15, -0.1) is 0 Å². The maximum Gasteiger partial charge on any atom is 0.251 e. The molecular weight excluding hydrogens is 260 g/mol. The molecule has 1 atom stereocenters. The SMILES string of the molecule is Cc1ccc(C(=O)NCCCN2CCC[C@H](C)C2)cc1C. The fourth-order valence-corrected chi connectivity index (χ4v) is 2.98. The van der Waals surface area contributed by atoms with Crippen molar-refractivity contribution < 1.29 is 4.79 Å². The Kier molecular flexibility index (Phi) is 5.80. The van der Waals surface area contributed by atoms with E-state index in [-0.39, 0.29) is 5.91 Å². The molecule has 0 unspecified atom stereocenters. The van der Waals surface area contributed by atoms with Gasteiger partial charge >= 0.3 is 0 Å². The third kappa shape index (κ3) is 4.85. The van der Waals surface area contributed by atoms with Crippen molar-refractivity contribution >= 4 is 5.91 Å². The summed E-state index contributed by atoms with van der Waals surface area (Å²) in [6.07, 6.45) is 3.71. The zero-order valence-electron chi connectivity index (χ0n) is 13.6. The van der Waals surface area contributed by atoms with Gasteiger partial charge in [0.05, 0.1) is 0 Å². The molecule has 0 bridgehead atoms. The maximum atomic E-state index is 12.1. The van der Waals surface area contributed by atoms with Crippen LogP contribution in [0.4, 0.5) is 0 Å². The first-order chi connectivity index (χ1) is 10.1. The van der Waals surface area contributed by atoms with E-state index in [0.717, 1.165) is 31.0 Å². The molecule has 0 aromatic heterocycles. The molecule has 1 aliphatic rings. The van der Waals surface area contributed by atoms with Gasteiger partial charge in [-0.1, -0.05) is 13.0 Å². The van der Waals surface area contributed by atoms with Crippen molar-refractivity contribution in [1.29, 1.82) is 0 Å². The number of rotatable bonds is 5. The van der Waals surface area contributed by atoms with Crippen LogP contribution in [0.5, 0.6) is 0 Å². The first-order valence-electron chi connectivity index (χ1n) is 8.14. The van der Waals surface area contributed by atoms with E-state index < -0.39 is 0 Å². The van der Waals surface area contributed by atoms with E-state index in [9.17, 15) is 4.79 Å². The summed E-state index contributed by atoms with van der Waals surface area (Å²) >= 11 is 0. The van der Waals surface area contributed by atoms with Crippen LogP contribution < -0.4 is 5.32 Å². The van der Waals surface area contributed by atoms with E-state index >= 15 is 0 Å². The van der Waals surface area contributed by atoms with Crippen LogP contribution in [0.25, 0.3) is 0 Å². The normalized spacial score (nSPS) is 19.5. The zero-order valence-corrected chi connectivity index (χ0v) is 13.6. The minimum Gasteiger partial charge on any atom is -0.352 e. The van der Waals surface area contributed by atoms with E-state index in [0.29, 0.717) is 0 Å². The minimum atomic E-state index is 0.0464. The Morgan fingerprint density at radius 1 is 1.33 bits per heavy atom. The number of benzene rings is 1. The Labute approximate surface area is 128 Å². The van der Waals surface area contributed by atoms with E-state index in [1.165, 1.54) is 37.1 Å². The smallest absolute Gasteiger partial charge is 0.251 e. The number of carbonyl (C=O) groups is 1. The highest BCUT2D eigenvalue weighted by Gasteiger charge is 2.15. The fourth-order valence-electron chi connectivity index (χ4n) is 2.98. The van der Waals surface area contributed by atoms with Crippen LogP contribution >= 0.6 is 0 Å². The molecule has 1 N–H and O–H groups in total. The maximum absolute atomic E-state index is 12.1.